The first-order valence-corrected chi connectivity index (χ1v) is 4.50. The minimum absolute atomic E-state index is 0.0855. The topological polar surface area (TPSA) is 142 Å². The summed E-state index contributed by atoms with van der Waals surface area (Å²) >= 11 is 0. The van der Waals surface area contributed by atoms with Crippen LogP contribution in [0.2, 0.25) is 0 Å². The van der Waals surface area contributed by atoms with Crippen LogP contribution in [0.4, 0.5) is 5.69 Å². The van der Waals surface area contributed by atoms with E-state index in [0.717, 1.165) is 12.3 Å². The smallest absolute Gasteiger partial charge is 0.287 e. The molecule has 0 bridgehead atoms. The van der Waals surface area contributed by atoms with Crippen LogP contribution in [0.3, 0.4) is 0 Å². The van der Waals surface area contributed by atoms with Crippen LogP contribution in [-0.2, 0) is 6.54 Å². The van der Waals surface area contributed by atoms with Crippen molar-refractivity contribution >= 4 is 11.6 Å². The lowest BCUT2D eigenvalue weighted by molar-refractivity contribution is -0.384. The summed E-state index contributed by atoms with van der Waals surface area (Å²) in [6.07, 6.45) is 1.14. The number of nitro groups is 1. The highest BCUT2D eigenvalue weighted by molar-refractivity contribution is 5.93. The Kier molecular flexibility index (Phi) is 2.77. The van der Waals surface area contributed by atoms with Crippen molar-refractivity contribution in [3.8, 4) is 0 Å². The summed E-state index contributed by atoms with van der Waals surface area (Å²) in [6, 6.07) is 1.14. The van der Waals surface area contributed by atoms with Crippen molar-refractivity contribution in [1.82, 2.24) is 30.9 Å². The van der Waals surface area contributed by atoms with E-state index in [1.54, 1.807) is 0 Å². The number of tetrazole rings is 1. The lowest BCUT2D eigenvalue weighted by atomic mass is 10.4. The van der Waals surface area contributed by atoms with Crippen LogP contribution in [0, 0.1) is 10.1 Å². The van der Waals surface area contributed by atoms with Crippen molar-refractivity contribution in [2.24, 2.45) is 0 Å². The number of amides is 1. The largest absolute Gasteiger partial charge is 0.351 e. The number of rotatable bonds is 4. The minimum atomic E-state index is -0.591. The van der Waals surface area contributed by atoms with Gasteiger partial charge in [0.2, 0.25) is 0 Å². The number of nitrogens with one attached hydrogen (secondary N) is 3. The third-order valence-electron chi connectivity index (χ3n) is 1.92. The average molecular weight is 237 g/mol. The van der Waals surface area contributed by atoms with Crippen molar-refractivity contribution < 1.29 is 9.72 Å². The third kappa shape index (κ3) is 2.42. The van der Waals surface area contributed by atoms with E-state index in [9.17, 15) is 14.9 Å². The van der Waals surface area contributed by atoms with Gasteiger partial charge in [-0.05, 0) is 0 Å². The third-order valence-corrected chi connectivity index (χ3v) is 1.92. The molecule has 88 valence electrons. The van der Waals surface area contributed by atoms with Gasteiger partial charge in [-0.15, -0.1) is 10.2 Å². The molecule has 0 aliphatic heterocycles. The molecule has 0 aromatic carbocycles. The normalized spacial score (nSPS) is 10.1. The first-order valence-electron chi connectivity index (χ1n) is 4.50. The van der Waals surface area contributed by atoms with Gasteiger partial charge in [0.1, 0.15) is 5.69 Å². The van der Waals surface area contributed by atoms with Gasteiger partial charge in [0.05, 0.1) is 17.7 Å². The van der Waals surface area contributed by atoms with E-state index >= 15 is 0 Å². The summed E-state index contributed by atoms with van der Waals surface area (Å²) in [6.45, 7) is 0.0855. The molecule has 1 amide bonds. The first-order chi connectivity index (χ1) is 8.16. The highest BCUT2D eigenvalue weighted by Crippen LogP contribution is 2.11. The van der Waals surface area contributed by atoms with E-state index in [1.165, 1.54) is 0 Å². The molecule has 10 nitrogen and oxygen atoms in total. The van der Waals surface area contributed by atoms with Crippen LogP contribution in [0.1, 0.15) is 16.3 Å². The van der Waals surface area contributed by atoms with Crippen LogP contribution in [-0.4, -0.2) is 36.4 Å². The molecule has 0 fully saturated rings. The molecule has 0 radical (unpaired) electrons. The van der Waals surface area contributed by atoms with Gasteiger partial charge < -0.3 is 10.3 Å². The van der Waals surface area contributed by atoms with E-state index in [2.05, 4.69) is 30.9 Å². The number of carbonyl (C=O) groups is 1. The molecule has 0 spiro atoms. The molecule has 10 heteroatoms. The summed E-state index contributed by atoms with van der Waals surface area (Å²) in [5, 5.41) is 25.7. The molecule has 17 heavy (non-hydrogen) atoms. The number of hydrogen-bond donors (Lipinski definition) is 3. The van der Waals surface area contributed by atoms with E-state index in [0.29, 0.717) is 5.82 Å². The van der Waals surface area contributed by atoms with Gasteiger partial charge in [-0.2, -0.15) is 5.21 Å². The van der Waals surface area contributed by atoms with Gasteiger partial charge >= 0.3 is 0 Å². The van der Waals surface area contributed by atoms with Gasteiger partial charge in [0.15, 0.2) is 5.82 Å². The minimum Gasteiger partial charge on any atom is -0.351 e. The Bertz CT molecular complexity index is 531. The second-order valence-corrected chi connectivity index (χ2v) is 3.04. The lowest BCUT2D eigenvalue weighted by Crippen LogP contribution is -2.23. The summed E-state index contributed by atoms with van der Waals surface area (Å²) in [5.74, 6) is -0.165. The molecular formula is C7H7N7O3. The highest BCUT2D eigenvalue weighted by atomic mass is 16.6. The first kappa shape index (κ1) is 10.7. The fourth-order valence-corrected chi connectivity index (χ4v) is 1.13. The van der Waals surface area contributed by atoms with E-state index in [1.807, 2.05) is 0 Å². The maximum Gasteiger partial charge on any atom is 0.287 e. The SMILES string of the molecule is O=C(NCc1nn[nH]n1)c1cc([N+](=O)[O-])c[nH]1. The number of carbonyl (C=O) groups excluding carboxylic acids is 1. The van der Waals surface area contributed by atoms with E-state index in [4.69, 9.17) is 0 Å². The Hall–Kier alpha value is -2.78. The number of hydrogen-bond acceptors (Lipinski definition) is 6. The zero-order valence-electron chi connectivity index (χ0n) is 8.38. The fourth-order valence-electron chi connectivity index (χ4n) is 1.13. The molecular weight excluding hydrogens is 230 g/mol. The molecule has 0 saturated heterocycles. The standard InChI is InChI=1S/C7H7N7O3/c15-7(9-3-6-10-12-13-11-6)5-1-4(2-8-5)14(16)17/h1-2,8H,3H2,(H,9,15)(H,10,11,12,13). The quantitative estimate of drug-likeness (QED) is 0.477. The monoisotopic (exact) mass is 237 g/mol. The highest BCUT2D eigenvalue weighted by Gasteiger charge is 2.14. The van der Waals surface area contributed by atoms with Crippen LogP contribution >= 0.6 is 0 Å². The van der Waals surface area contributed by atoms with Crippen molar-refractivity contribution in [3.63, 3.8) is 0 Å². The van der Waals surface area contributed by atoms with Gasteiger partial charge in [0.25, 0.3) is 11.6 Å². The maximum absolute atomic E-state index is 11.5. The van der Waals surface area contributed by atoms with Gasteiger partial charge in [-0.3, -0.25) is 14.9 Å². The maximum atomic E-state index is 11.5. The van der Waals surface area contributed by atoms with Gasteiger partial charge in [-0.1, -0.05) is 5.21 Å². The summed E-state index contributed by atoms with van der Waals surface area (Å²) in [4.78, 5) is 23.8. The Labute approximate surface area is 93.6 Å². The molecule has 0 aliphatic carbocycles. The molecule has 2 rings (SSSR count). The Morgan fingerprint density at radius 2 is 2.41 bits per heavy atom. The van der Waals surface area contributed by atoms with Crippen molar-refractivity contribution in [2.45, 2.75) is 6.54 Å². The number of aromatic amines is 2. The second-order valence-electron chi connectivity index (χ2n) is 3.04. The summed E-state index contributed by atoms with van der Waals surface area (Å²) in [5.41, 5.74) is -0.0742. The van der Waals surface area contributed by atoms with Crippen molar-refractivity contribution in [1.29, 1.82) is 0 Å². The van der Waals surface area contributed by atoms with Crippen LogP contribution in [0.25, 0.3) is 0 Å². The predicted molar refractivity (Wildman–Crippen MR) is 52.8 cm³/mol. The van der Waals surface area contributed by atoms with E-state index < -0.39 is 10.8 Å². The molecule has 2 aromatic rings. The lowest BCUT2D eigenvalue weighted by Gasteiger charge is -1.98. The molecule has 0 atom stereocenters. The van der Waals surface area contributed by atoms with Gasteiger partial charge in [0, 0.05) is 6.07 Å². The molecule has 0 saturated carbocycles. The predicted octanol–water partition coefficient (Wildman–Crippen LogP) is -0.634. The zero-order valence-corrected chi connectivity index (χ0v) is 8.38. The summed E-state index contributed by atoms with van der Waals surface area (Å²) in [7, 11) is 0. The van der Waals surface area contributed by atoms with Crippen molar-refractivity contribution in [3.05, 3.63) is 33.9 Å². The number of nitrogens with zero attached hydrogens (tertiary/aromatic N) is 4. The average Bonchev–Trinajstić information content (AvgIpc) is 2.96. The molecule has 2 heterocycles. The van der Waals surface area contributed by atoms with Crippen LogP contribution in [0.5, 0.6) is 0 Å². The molecule has 3 N–H and O–H groups in total. The Morgan fingerprint density at radius 1 is 1.59 bits per heavy atom. The molecule has 2 aromatic heterocycles. The molecule has 0 aliphatic rings. The number of H-pyrrole nitrogens is 2. The summed E-state index contributed by atoms with van der Waals surface area (Å²) < 4.78 is 0. The molecule has 0 unspecified atom stereocenters. The van der Waals surface area contributed by atoms with Crippen LogP contribution < -0.4 is 5.32 Å². The Balaban J connectivity index is 1.97. The Morgan fingerprint density at radius 3 is 3.00 bits per heavy atom. The fraction of sp³-hybridized carbons (Fsp3) is 0.143. The van der Waals surface area contributed by atoms with Crippen molar-refractivity contribution in [2.75, 3.05) is 0 Å². The second kappa shape index (κ2) is 4.38. The number of aromatic nitrogens is 5. The van der Waals surface area contributed by atoms with Gasteiger partial charge in [-0.25, -0.2) is 0 Å². The van der Waals surface area contributed by atoms with E-state index in [-0.39, 0.29) is 17.9 Å². The van der Waals surface area contributed by atoms with Crippen LogP contribution in [0.15, 0.2) is 12.3 Å². The zero-order chi connectivity index (χ0) is 12.3.